The van der Waals surface area contributed by atoms with Gasteiger partial charge < -0.3 is 4.98 Å². The molecule has 0 atom stereocenters. The molecule has 0 aliphatic carbocycles. The fourth-order valence-electron chi connectivity index (χ4n) is 2.15. The second-order valence-electron chi connectivity index (χ2n) is 5.15. The van der Waals surface area contributed by atoms with Crippen molar-refractivity contribution >= 4 is 15.7 Å². The summed E-state index contributed by atoms with van der Waals surface area (Å²) >= 11 is 0. The predicted octanol–water partition coefficient (Wildman–Crippen LogP) is 3.90. The molecule has 0 amide bonds. The first-order chi connectivity index (χ1) is 11.8. The second-order valence-corrected chi connectivity index (χ2v) is 6.83. The third kappa shape index (κ3) is 3.82. The smallest absolute Gasteiger partial charge is 0.360 e. The maximum Gasteiger partial charge on any atom is 0.433 e. The molecule has 0 fully saturated rings. The minimum absolute atomic E-state index is 0.0359. The van der Waals surface area contributed by atoms with E-state index in [0.717, 1.165) is 17.8 Å². The molecule has 0 unspecified atom stereocenters. The van der Waals surface area contributed by atoms with Gasteiger partial charge in [0.25, 0.3) is 10.0 Å². The van der Waals surface area contributed by atoms with Gasteiger partial charge in [-0.15, -0.1) is 0 Å². The van der Waals surface area contributed by atoms with Crippen LogP contribution in [0.2, 0.25) is 0 Å². The molecule has 0 spiro atoms. The Hall–Kier alpha value is -2.81. The summed E-state index contributed by atoms with van der Waals surface area (Å²) in [4.78, 5) is 6.04. The lowest BCUT2D eigenvalue weighted by Gasteiger charge is -2.08. The number of anilines is 1. The molecule has 0 aliphatic heterocycles. The molecule has 0 saturated heterocycles. The van der Waals surface area contributed by atoms with Crippen LogP contribution in [-0.2, 0) is 16.2 Å². The Bertz CT molecular complexity index is 966. The van der Waals surface area contributed by atoms with E-state index in [1.54, 1.807) is 0 Å². The van der Waals surface area contributed by atoms with Crippen LogP contribution in [0, 0.1) is 0 Å². The molecule has 2 N–H and O–H groups in total. The van der Waals surface area contributed by atoms with Crippen molar-refractivity contribution in [1.29, 1.82) is 0 Å². The van der Waals surface area contributed by atoms with Crippen LogP contribution >= 0.6 is 0 Å². The number of halogens is 3. The van der Waals surface area contributed by atoms with Crippen LogP contribution in [-0.4, -0.2) is 18.4 Å². The van der Waals surface area contributed by atoms with Crippen LogP contribution in [0.1, 0.15) is 5.69 Å². The van der Waals surface area contributed by atoms with Gasteiger partial charge in [0, 0.05) is 11.9 Å². The van der Waals surface area contributed by atoms with Gasteiger partial charge in [0.1, 0.15) is 10.6 Å². The molecule has 5 nitrogen and oxygen atoms in total. The van der Waals surface area contributed by atoms with Gasteiger partial charge in [0.2, 0.25) is 0 Å². The van der Waals surface area contributed by atoms with E-state index < -0.39 is 21.9 Å². The average molecular weight is 367 g/mol. The Labute approximate surface area is 141 Å². The zero-order chi connectivity index (χ0) is 18.1. The standard InChI is InChI=1S/C16H12F3N3O2S/c17-16(18,19)15-7-6-12(9-21-15)22-25(23,24)13-8-14(20-10-13)11-4-2-1-3-5-11/h1-10,20,22H. The number of aromatic nitrogens is 2. The topological polar surface area (TPSA) is 74.8 Å². The van der Waals surface area contributed by atoms with Crippen LogP contribution in [0.3, 0.4) is 0 Å². The van der Waals surface area contributed by atoms with Crippen LogP contribution in [0.25, 0.3) is 11.3 Å². The third-order valence-corrected chi connectivity index (χ3v) is 4.72. The number of alkyl halides is 3. The van der Waals surface area contributed by atoms with E-state index in [1.165, 1.54) is 12.3 Å². The van der Waals surface area contributed by atoms with Gasteiger partial charge in [-0.2, -0.15) is 13.2 Å². The van der Waals surface area contributed by atoms with Crippen molar-refractivity contribution in [1.82, 2.24) is 9.97 Å². The van der Waals surface area contributed by atoms with Gasteiger partial charge in [-0.05, 0) is 23.8 Å². The third-order valence-electron chi connectivity index (χ3n) is 3.36. The number of nitrogens with zero attached hydrogens (tertiary/aromatic N) is 1. The van der Waals surface area contributed by atoms with E-state index >= 15 is 0 Å². The molecule has 1 aromatic carbocycles. The van der Waals surface area contributed by atoms with E-state index in [4.69, 9.17) is 0 Å². The van der Waals surface area contributed by atoms with Gasteiger partial charge in [-0.25, -0.2) is 13.4 Å². The first-order valence-electron chi connectivity index (χ1n) is 7.06. The number of pyridine rings is 1. The summed E-state index contributed by atoms with van der Waals surface area (Å²) < 4.78 is 64.3. The fourth-order valence-corrected chi connectivity index (χ4v) is 3.19. The average Bonchev–Trinajstić information content (AvgIpc) is 3.06. The van der Waals surface area contributed by atoms with E-state index in [9.17, 15) is 21.6 Å². The predicted molar refractivity (Wildman–Crippen MR) is 86.3 cm³/mol. The number of nitrogens with one attached hydrogen (secondary N) is 2. The molecule has 0 radical (unpaired) electrons. The highest BCUT2D eigenvalue weighted by molar-refractivity contribution is 7.92. The highest BCUT2D eigenvalue weighted by atomic mass is 32.2. The lowest BCUT2D eigenvalue weighted by Crippen LogP contribution is -2.13. The van der Waals surface area contributed by atoms with Crippen molar-refractivity contribution in [3.8, 4) is 11.3 Å². The number of benzene rings is 1. The Morgan fingerprint density at radius 2 is 1.76 bits per heavy atom. The van der Waals surface area contributed by atoms with Crippen LogP contribution in [0.4, 0.5) is 18.9 Å². The van der Waals surface area contributed by atoms with Crippen LogP contribution in [0.15, 0.2) is 65.8 Å². The van der Waals surface area contributed by atoms with Crippen molar-refractivity contribution in [2.45, 2.75) is 11.1 Å². The first-order valence-corrected chi connectivity index (χ1v) is 8.54. The molecule has 9 heteroatoms. The summed E-state index contributed by atoms with van der Waals surface area (Å²) in [6.07, 6.45) is -2.45. The number of H-pyrrole nitrogens is 1. The Morgan fingerprint density at radius 1 is 1.04 bits per heavy atom. The van der Waals surface area contributed by atoms with Crippen molar-refractivity contribution < 1.29 is 21.6 Å². The largest absolute Gasteiger partial charge is 0.433 e. The fraction of sp³-hybridized carbons (Fsp3) is 0.0625. The van der Waals surface area contributed by atoms with Gasteiger partial charge >= 0.3 is 6.18 Å². The number of hydrogen-bond donors (Lipinski definition) is 2. The van der Waals surface area contributed by atoms with E-state index in [-0.39, 0.29) is 10.6 Å². The van der Waals surface area contributed by atoms with Crippen molar-refractivity contribution in [2.24, 2.45) is 0 Å². The minimum Gasteiger partial charge on any atom is -0.360 e. The Balaban J connectivity index is 1.82. The van der Waals surface area contributed by atoms with E-state index in [2.05, 4.69) is 14.7 Å². The molecule has 0 saturated carbocycles. The Kier molecular flexibility index (Phi) is 4.25. The maximum atomic E-state index is 12.5. The van der Waals surface area contributed by atoms with Crippen molar-refractivity contribution in [2.75, 3.05) is 4.72 Å². The van der Waals surface area contributed by atoms with Gasteiger partial charge in [0.05, 0.1) is 11.9 Å². The minimum atomic E-state index is -4.58. The Morgan fingerprint density at radius 3 is 2.36 bits per heavy atom. The van der Waals surface area contributed by atoms with Crippen molar-refractivity contribution in [3.63, 3.8) is 0 Å². The number of hydrogen-bond acceptors (Lipinski definition) is 3. The lowest BCUT2D eigenvalue weighted by molar-refractivity contribution is -0.141. The normalized spacial score (nSPS) is 12.1. The summed E-state index contributed by atoms with van der Waals surface area (Å²) in [5.41, 5.74) is 0.255. The van der Waals surface area contributed by atoms with Crippen LogP contribution in [0.5, 0.6) is 0 Å². The van der Waals surface area contributed by atoms with Crippen molar-refractivity contribution in [3.05, 3.63) is 66.6 Å². The zero-order valence-corrected chi connectivity index (χ0v) is 13.4. The summed E-state index contributed by atoms with van der Waals surface area (Å²) in [5, 5.41) is 0. The van der Waals surface area contributed by atoms with E-state index in [1.807, 2.05) is 30.3 Å². The molecule has 0 bridgehead atoms. The monoisotopic (exact) mass is 367 g/mol. The van der Waals surface area contributed by atoms with Gasteiger partial charge in [0.15, 0.2) is 0 Å². The molecular weight excluding hydrogens is 355 g/mol. The lowest BCUT2D eigenvalue weighted by atomic mass is 10.2. The maximum absolute atomic E-state index is 12.5. The van der Waals surface area contributed by atoms with Gasteiger partial charge in [-0.1, -0.05) is 30.3 Å². The number of aromatic amines is 1. The molecule has 3 aromatic rings. The number of sulfonamides is 1. The first kappa shape index (κ1) is 17.0. The highest BCUT2D eigenvalue weighted by Gasteiger charge is 2.32. The zero-order valence-electron chi connectivity index (χ0n) is 12.6. The molecule has 3 rings (SSSR count). The summed E-state index contributed by atoms with van der Waals surface area (Å²) in [7, 11) is -3.95. The molecule has 2 heterocycles. The highest BCUT2D eigenvalue weighted by Crippen LogP contribution is 2.28. The summed E-state index contributed by atoms with van der Waals surface area (Å²) in [6, 6.07) is 12.3. The second kappa shape index (κ2) is 6.25. The molecule has 130 valence electrons. The SMILES string of the molecule is O=S(=O)(Nc1ccc(C(F)(F)F)nc1)c1c[nH]c(-c2ccccc2)c1. The summed E-state index contributed by atoms with van der Waals surface area (Å²) in [6.45, 7) is 0. The molecule has 2 aromatic heterocycles. The molecule has 25 heavy (non-hydrogen) atoms. The van der Waals surface area contributed by atoms with E-state index in [0.29, 0.717) is 11.8 Å². The molecule has 0 aliphatic rings. The quantitative estimate of drug-likeness (QED) is 0.734. The van der Waals surface area contributed by atoms with Gasteiger partial charge in [-0.3, -0.25) is 4.72 Å². The summed E-state index contributed by atoms with van der Waals surface area (Å²) in [5.74, 6) is 0. The number of rotatable bonds is 4. The molecular formula is C16H12F3N3O2S. The van der Waals surface area contributed by atoms with Crippen LogP contribution < -0.4 is 4.72 Å².